The number of thiophene rings is 1. The Kier molecular flexibility index (Phi) is 5.98. The predicted octanol–water partition coefficient (Wildman–Crippen LogP) is 3.07. The summed E-state index contributed by atoms with van der Waals surface area (Å²) in [7, 11) is 3.59. The molecule has 2 rings (SSSR count). The number of nitrogens with zero attached hydrogens (tertiary/aromatic N) is 1. The molecular formula is C17H22N2O2S. The Labute approximate surface area is 135 Å². The number of amides is 1. The van der Waals surface area contributed by atoms with Crippen LogP contribution in [0.4, 0.5) is 0 Å². The fourth-order valence-corrected chi connectivity index (χ4v) is 3.01. The highest BCUT2D eigenvalue weighted by molar-refractivity contribution is 7.10. The maximum absolute atomic E-state index is 12.1. The summed E-state index contributed by atoms with van der Waals surface area (Å²) in [4.78, 5) is 15.3. The number of benzene rings is 1. The first-order valence-electron chi connectivity index (χ1n) is 7.22. The number of methoxy groups -OCH3 is 1. The quantitative estimate of drug-likeness (QED) is 0.853. The molecule has 0 aliphatic carbocycles. The normalized spacial score (nSPS) is 12.2. The summed E-state index contributed by atoms with van der Waals surface area (Å²) < 4.78 is 5.21. The average molecular weight is 318 g/mol. The first kappa shape index (κ1) is 16.5. The molecule has 0 bridgehead atoms. The highest BCUT2D eigenvalue weighted by Crippen LogP contribution is 2.18. The minimum Gasteiger partial charge on any atom is -0.497 e. The number of rotatable bonds is 7. The van der Waals surface area contributed by atoms with E-state index in [1.165, 1.54) is 4.88 Å². The maximum atomic E-state index is 12.1. The molecule has 0 aliphatic rings. The van der Waals surface area contributed by atoms with Gasteiger partial charge < -0.3 is 10.1 Å². The Morgan fingerprint density at radius 3 is 2.86 bits per heavy atom. The van der Waals surface area contributed by atoms with Crippen LogP contribution in [-0.2, 0) is 11.3 Å². The van der Waals surface area contributed by atoms with Gasteiger partial charge in [0.05, 0.1) is 19.7 Å². The number of hydrogen-bond donors (Lipinski definition) is 1. The Hall–Kier alpha value is -1.85. The summed E-state index contributed by atoms with van der Waals surface area (Å²) in [6.07, 6.45) is 0. The van der Waals surface area contributed by atoms with Crippen LogP contribution in [-0.4, -0.2) is 31.5 Å². The second-order valence-electron chi connectivity index (χ2n) is 5.33. The monoisotopic (exact) mass is 318 g/mol. The van der Waals surface area contributed by atoms with E-state index in [-0.39, 0.29) is 11.9 Å². The van der Waals surface area contributed by atoms with Crippen LogP contribution in [0.5, 0.6) is 5.75 Å². The van der Waals surface area contributed by atoms with E-state index in [9.17, 15) is 4.79 Å². The molecule has 1 atom stereocenters. The van der Waals surface area contributed by atoms with Crippen molar-refractivity contribution < 1.29 is 9.53 Å². The van der Waals surface area contributed by atoms with Crippen LogP contribution in [0.2, 0.25) is 0 Å². The summed E-state index contributed by atoms with van der Waals surface area (Å²) in [5.41, 5.74) is 1.13. The second kappa shape index (κ2) is 7.96. The molecule has 1 heterocycles. The van der Waals surface area contributed by atoms with Gasteiger partial charge in [0.2, 0.25) is 5.91 Å². The van der Waals surface area contributed by atoms with Crippen molar-refractivity contribution in [3.05, 3.63) is 52.2 Å². The van der Waals surface area contributed by atoms with Crippen LogP contribution >= 0.6 is 11.3 Å². The molecular weight excluding hydrogens is 296 g/mol. The van der Waals surface area contributed by atoms with Gasteiger partial charge >= 0.3 is 0 Å². The van der Waals surface area contributed by atoms with Gasteiger partial charge in [-0.15, -0.1) is 11.3 Å². The lowest BCUT2D eigenvalue weighted by molar-refractivity contribution is -0.122. The molecule has 118 valence electrons. The second-order valence-corrected chi connectivity index (χ2v) is 6.31. The zero-order valence-electron chi connectivity index (χ0n) is 13.2. The van der Waals surface area contributed by atoms with E-state index in [1.54, 1.807) is 18.4 Å². The smallest absolute Gasteiger partial charge is 0.234 e. The van der Waals surface area contributed by atoms with Gasteiger partial charge in [0.1, 0.15) is 5.75 Å². The molecule has 0 saturated carbocycles. The summed E-state index contributed by atoms with van der Waals surface area (Å²) >= 11 is 1.66. The molecule has 1 aromatic carbocycles. The maximum Gasteiger partial charge on any atom is 0.234 e. The van der Waals surface area contributed by atoms with E-state index >= 15 is 0 Å². The van der Waals surface area contributed by atoms with Crippen molar-refractivity contribution in [2.75, 3.05) is 20.7 Å². The van der Waals surface area contributed by atoms with Gasteiger partial charge in [-0.1, -0.05) is 18.2 Å². The molecule has 0 spiro atoms. The minimum atomic E-state index is 0.0336. The van der Waals surface area contributed by atoms with Crippen molar-refractivity contribution in [3.63, 3.8) is 0 Å². The molecule has 1 aromatic heterocycles. The molecule has 1 N–H and O–H groups in total. The third kappa shape index (κ3) is 4.86. The van der Waals surface area contributed by atoms with Crippen molar-refractivity contribution in [1.82, 2.24) is 10.2 Å². The molecule has 2 aromatic rings. The SMILES string of the molecule is COc1cccc(CN(C)CC(=O)NC(C)c2cccs2)c1. The van der Waals surface area contributed by atoms with Gasteiger partial charge in [-0.2, -0.15) is 0 Å². The minimum absolute atomic E-state index is 0.0336. The first-order valence-corrected chi connectivity index (χ1v) is 8.10. The zero-order valence-corrected chi connectivity index (χ0v) is 14.0. The van der Waals surface area contributed by atoms with Crippen LogP contribution < -0.4 is 10.1 Å². The van der Waals surface area contributed by atoms with Gasteiger partial charge in [0, 0.05) is 11.4 Å². The van der Waals surface area contributed by atoms with E-state index < -0.39 is 0 Å². The Morgan fingerprint density at radius 2 is 2.18 bits per heavy atom. The van der Waals surface area contributed by atoms with Crippen LogP contribution in [0, 0.1) is 0 Å². The lowest BCUT2D eigenvalue weighted by atomic mass is 10.2. The number of hydrogen-bond acceptors (Lipinski definition) is 4. The topological polar surface area (TPSA) is 41.6 Å². The van der Waals surface area contributed by atoms with E-state index in [1.807, 2.05) is 60.6 Å². The van der Waals surface area contributed by atoms with Crippen molar-refractivity contribution in [3.8, 4) is 5.75 Å². The number of nitrogens with one attached hydrogen (secondary N) is 1. The summed E-state index contributed by atoms with van der Waals surface area (Å²) in [5.74, 6) is 0.868. The predicted molar refractivity (Wildman–Crippen MR) is 90.2 cm³/mol. The molecule has 0 aliphatic heterocycles. The number of carbonyl (C=O) groups is 1. The van der Waals surface area contributed by atoms with Crippen molar-refractivity contribution in [2.45, 2.75) is 19.5 Å². The van der Waals surface area contributed by atoms with Crippen LogP contribution in [0.3, 0.4) is 0 Å². The van der Waals surface area contributed by atoms with E-state index in [2.05, 4.69) is 5.32 Å². The number of ether oxygens (including phenoxy) is 1. The van der Waals surface area contributed by atoms with Crippen LogP contribution in [0.25, 0.3) is 0 Å². The van der Waals surface area contributed by atoms with Crippen molar-refractivity contribution in [1.29, 1.82) is 0 Å². The van der Waals surface area contributed by atoms with Crippen LogP contribution in [0.15, 0.2) is 41.8 Å². The van der Waals surface area contributed by atoms with E-state index in [4.69, 9.17) is 4.74 Å². The molecule has 22 heavy (non-hydrogen) atoms. The third-order valence-electron chi connectivity index (χ3n) is 3.35. The first-order chi connectivity index (χ1) is 10.6. The third-order valence-corrected chi connectivity index (χ3v) is 4.40. The fraction of sp³-hybridized carbons (Fsp3) is 0.353. The summed E-state index contributed by atoms with van der Waals surface area (Å²) in [6.45, 7) is 3.08. The lowest BCUT2D eigenvalue weighted by Crippen LogP contribution is -2.36. The zero-order chi connectivity index (χ0) is 15.9. The fourth-order valence-electron chi connectivity index (χ4n) is 2.28. The Bertz CT molecular complexity index is 598. The molecule has 0 fully saturated rings. The number of carbonyl (C=O) groups excluding carboxylic acids is 1. The van der Waals surface area contributed by atoms with E-state index in [0.29, 0.717) is 13.1 Å². The van der Waals surface area contributed by atoms with Crippen molar-refractivity contribution >= 4 is 17.2 Å². The highest BCUT2D eigenvalue weighted by Gasteiger charge is 2.12. The number of likely N-dealkylation sites (N-methyl/N-ethyl adjacent to an activating group) is 1. The molecule has 0 saturated heterocycles. The standard InChI is InChI=1S/C17H22N2O2S/c1-13(16-8-5-9-22-16)18-17(20)12-19(2)11-14-6-4-7-15(10-14)21-3/h4-10,13H,11-12H2,1-3H3,(H,18,20). The largest absolute Gasteiger partial charge is 0.497 e. The van der Waals surface area contributed by atoms with Crippen molar-refractivity contribution in [2.24, 2.45) is 0 Å². The Morgan fingerprint density at radius 1 is 1.36 bits per heavy atom. The molecule has 1 unspecified atom stereocenters. The lowest BCUT2D eigenvalue weighted by Gasteiger charge is -2.18. The van der Waals surface area contributed by atoms with Crippen LogP contribution in [0.1, 0.15) is 23.4 Å². The summed E-state index contributed by atoms with van der Waals surface area (Å²) in [6, 6.07) is 12.0. The van der Waals surface area contributed by atoms with E-state index in [0.717, 1.165) is 11.3 Å². The van der Waals surface area contributed by atoms with Gasteiger partial charge in [-0.3, -0.25) is 9.69 Å². The van der Waals surface area contributed by atoms with Gasteiger partial charge in [-0.25, -0.2) is 0 Å². The summed E-state index contributed by atoms with van der Waals surface area (Å²) in [5, 5.41) is 5.05. The molecule has 1 amide bonds. The molecule has 0 radical (unpaired) electrons. The van der Waals surface area contributed by atoms with Gasteiger partial charge in [-0.05, 0) is 43.1 Å². The molecule has 5 heteroatoms. The van der Waals surface area contributed by atoms with Gasteiger partial charge in [0.15, 0.2) is 0 Å². The average Bonchev–Trinajstić information content (AvgIpc) is 3.01. The highest BCUT2D eigenvalue weighted by atomic mass is 32.1. The molecule has 4 nitrogen and oxygen atoms in total. The van der Waals surface area contributed by atoms with Gasteiger partial charge in [0.25, 0.3) is 0 Å². The Balaban J connectivity index is 1.83.